The van der Waals surface area contributed by atoms with E-state index >= 15 is 0 Å². The first-order valence-electron chi connectivity index (χ1n) is 6.38. The van der Waals surface area contributed by atoms with Crippen molar-refractivity contribution in [1.29, 1.82) is 0 Å². The van der Waals surface area contributed by atoms with E-state index in [0.717, 1.165) is 18.5 Å². The van der Waals surface area contributed by atoms with E-state index in [2.05, 4.69) is 9.71 Å². The van der Waals surface area contributed by atoms with Crippen LogP contribution in [0.5, 0.6) is 0 Å². The number of sulfonamides is 2. The van der Waals surface area contributed by atoms with Crippen molar-refractivity contribution in [3.05, 3.63) is 24.0 Å². The van der Waals surface area contributed by atoms with Crippen molar-refractivity contribution < 1.29 is 26.7 Å². The molecule has 2 rings (SSSR count). The van der Waals surface area contributed by atoms with Gasteiger partial charge in [0.2, 0.25) is 20.0 Å². The number of carboxylic acids is 1. The molecule has 2 N–H and O–H groups in total. The minimum atomic E-state index is -3.94. The number of nitrogens with one attached hydrogen (secondary N) is 1. The molecule has 1 aliphatic rings. The first-order chi connectivity index (χ1) is 10.2. The van der Waals surface area contributed by atoms with Gasteiger partial charge in [0.05, 0.1) is 11.3 Å². The summed E-state index contributed by atoms with van der Waals surface area (Å²) in [7, 11) is -7.22. The summed E-state index contributed by atoms with van der Waals surface area (Å²) >= 11 is 0. The highest BCUT2D eigenvalue weighted by molar-refractivity contribution is 7.89. The zero-order valence-corrected chi connectivity index (χ0v) is 13.1. The molecule has 11 heteroatoms. The van der Waals surface area contributed by atoms with Crippen molar-refractivity contribution in [2.75, 3.05) is 25.4 Å². The quantitative estimate of drug-likeness (QED) is 0.679. The number of rotatable bonds is 6. The van der Waals surface area contributed by atoms with Gasteiger partial charge in [0, 0.05) is 32.0 Å². The molecule has 1 aromatic rings. The number of pyridine rings is 1. The Morgan fingerprint density at radius 3 is 2.73 bits per heavy atom. The van der Waals surface area contributed by atoms with Gasteiger partial charge in [0.1, 0.15) is 4.90 Å². The Balaban J connectivity index is 2.02. The van der Waals surface area contributed by atoms with Gasteiger partial charge >= 0.3 is 5.97 Å². The highest BCUT2D eigenvalue weighted by atomic mass is 32.2. The molecule has 0 aliphatic carbocycles. The van der Waals surface area contributed by atoms with Crippen LogP contribution in [0.2, 0.25) is 0 Å². The van der Waals surface area contributed by atoms with E-state index in [-0.39, 0.29) is 29.3 Å². The number of aromatic carboxylic acids is 1. The molecule has 0 unspecified atom stereocenters. The minimum absolute atomic E-state index is 0.0353. The summed E-state index contributed by atoms with van der Waals surface area (Å²) in [6.45, 7) is 0.312. The van der Waals surface area contributed by atoms with Crippen LogP contribution in [0.4, 0.5) is 0 Å². The lowest BCUT2D eigenvalue weighted by Crippen LogP contribution is -2.35. The van der Waals surface area contributed by atoms with E-state index in [1.54, 1.807) is 0 Å². The Hall–Kier alpha value is -1.56. The Labute approximate surface area is 128 Å². The summed E-state index contributed by atoms with van der Waals surface area (Å²) in [6.07, 6.45) is 2.60. The molecule has 0 amide bonds. The molecule has 0 saturated carbocycles. The molecular formula is C11H15N3O6S2. The van der Waals surface area contributed by atoms with Gasteiger partial charge in [-0.3, -0.25) is 4.98 Å². The zero-order chi connectivity index (χ0) is 16.4. The first-order valence-corrected chi connectivity index (χ1v) is 9.47. The summed E-state index contributed by atoms with van der Waals surface area (Å²) in [5.41, 5.74) is -0.245. The smallest absolute Gasteiger partial charge is 0.337 e. The zero-order valence-electron chi connectivity index (χ0n) is 11.5. The molecule has 9 nitrogen and oxygen atoms in total. The molecule has 1 aromatic heterocycles. The predicted molar refractivity (Wildman–Crippen MR) is 76.4 cm³/mol. The number of nitrogens with zero attached hydrogens (tertiary/aromatic N) is 2. The van der Waals surface area contributed by atoms with Crippen molar-refractivity contribution in [3.63, 3.8) is 0 Å². The van der Waals surface area contributed by atoms with Gasteiger partial charge in [-0.05, 0) is 12.5 Å². The van der Waals surface area contributed by atoms with E-state index in [4.69, 9.17) is 5.11 Å². The lowest BCUT2D eigenvalue weighted by molar-refractivity contribution is 0.0696. The summed E-state index contributed by atoms with van der Waals surface area (Å²) in [5, 5.41) is 8.82. The minimum Gasteiger partial charge on any atom is -0.478 e. The second-order valence-electron chi connectivity index (χ2n) is 4.68. The van der Waals surface area contributed by atoms with Gasteiger partial charge in [-0.1, -0.05) is 0 Å². The van der Waals surface area contributed by atoms with Crippen molar-refractivity contribution in [3.8, 4) is 0 Å². The fourth-order valence-corrected chi connectivity index (χ4v) is 4.55. The molecule has 0 aromatic carbocycles. The van der Waals surface area contributed by atoms with Gasteiger partial charge in [0.15, 0.2) is 0 Å². The van der Waals surface area contributed by atoms with E-state index in [1.807, 2.05) is 0 Å². The van der Waals surface area contributed by atoms with Crippen molar-refractivity contribution in [2.45, 2.75) is 11.3 Å². The number of hydrogen-bond donors (Lipinski definition) is 2. The number of carbonyl (C=O) groups is 1. The highest BCUT2D eigenvalue weighted by Gasteiger charge is 2.28. The number of carboxylic acid groups (broad SMARTS) is 1. The molecule has 1 saturated heterocycles. The molecule has 0 spiro atoms. The Bertz CT molecular complexity index is 775. The van der Waals surface area contributed by atoms with Crippen LogP contribution < -0.4 is 4.72 Å². The number of hydrogen-bond acceptors (Lipinski definition) is 6. The third kappa shape index (κ3) is 3.80. The monoisotopic (exact) mass is 349 g/mol. The maximum absolute atomic E-state index is 12.0. The van der Waals surface area contributed by atoms with Gasteiger partial charge in [-0.25, -0.2) is 30.7 Å². The normalized spacial score (nSPS) is 18.4. The van der Waals surface area contributed by atoms with E-state index in [9.17, 15) is 21.6 Å². The molecule has 1 aliphatic heterocycles. The summed E-state index contributed by atoms with van der Waals surface area (Å²) in [4.78, 5) is 14.1. The van der Waals surface area contributed by atoms with Crippen molar-refractivity contribution in [2.24, 2.45) is 0 Å². The van der Waals surface area contributed by atoms with E-state index in [0.29, 0.717) is 13.0 Å². The summed E-state index contributed by atoms with van der Waals surface area (Å²) < 4.78 is 50.7. The Kier molecular flexibility index (Phi) is 4.80. The highest BCUT2D eigenvalue weighted by Crippen LogP contribution is 2.13. The van der Waals surface area contributed by atoms with Crippen LogP contribution in [0.1, 0.15) is 16.8 Å². The average molecular weight is 349 g/mol. The van der Waals surface area contributed by atoms with Crippen LogP contribution in [0.15, 0.2) is 23.4 Å². The maximum Gasteiger partial charge on any atom is 0.337 e. The first kappa shape index (κ1) is 16.8. The number of aromatic nitrogens is 1. The third-order valence-electron chi connectivity index (χ3n) is 3.13. The SMILES string of the molecule is O=C(O)c1cncc(S(=O)(=O)NCCN2CCCS2(=O)=O)c1. The van der Waals surface area contributed by atoms with Crippen LogP contribution in [-0.4, -0.2) is 62.6 Å². The molecule has 22 heavy (non-hydrogen) atoms. The fraction of sp³-hybridized carbons (Fsp3) is 0.455. The average Bonchev–Trinajstić information content (AvgIpc) is 2.78. The summed E-state index contributed by atoms with van der Waals surface area (Å²) in [5.74, 6) is -1.21. The van der Waals surface area contributed by atoms with Crippen LogP contribution in [0.3, 0.4) is 0 Å². The molecule has 122 valence electrons. The largest absolute Gasteiger partial charge is 0.478 e. The predicted octanol–water partition coefficient (Wildman–Crippen LogP) is -0.906. The van der Waals surface area contributed by atoms with Gasteiger partial charge in [0.25, 0.3) is 0 Å². The van der Waals surface area contributed by atoms with Crippen molar-refractivity contribution >= 4 is 26.0 Å². The molecule has 0 atom stereocenters. The molecule has 0 bridgehead atoms. The second-order valence-corrected chi connectivity index (χ2v) is 8.54. The van der Waals surface area contributed by atoms with Crippen LogP contribution >= 0.6 is 0 Å². The lowest BCUT2D eigenvalue weighted by Gasteiger charge is -2.14. The topological polar surface area (TPSA) is 134 Å². The standard InChI is InChI=1S/C11H15N3O6S2/c15-11(16)9-6-10(8-12-7-9)22(19,20)13-2-4-14-3-1-5-21(14,17)18/h6-8,13H,1-5H2,(H,15,16). The Morgan fingerprint density at radius 1 is 1.41 bits per heavy atom. The van der Waals surface area contributed by atoms with E-state index in [1.165, 1.54) is 4.31 Å². The maximum atomic E-state index is 12.0. The van der Waals surface area contributed by atoms with Crippen LogP contribution in [0.25, 0.3) is 0 Å². The fourth-order valence-electron chi connectivity index (χ4n) is 2.01. The second kappa shape index (κ2) is 6.28. The van der Waals surface area contributed by atoms with Crippen molar-refractivity contribution in [1.82, 2.24) is 14.0 Å². The molecule has 1 fully saturated rings. The summed E-state index contributed by atoms with van der Waals surface area (Å²) in [6, 6.07) is 0.990. The van der Waals surface area contributed by atoms with Crippen LogP contribution in [0, 0.1) is 0 Å². The van der Waals surface area contributed by atoms with E-state index < -0.39 is 26.0 Å². The molecule has 0 radical (unpaired) electrons. The molecular weight excluding hydrogens is 334 g/mol. The lowest BCUT2D eigenvalue weighted by atomic mass is 10.3. The molecule has 2 heterocycles. The third-order valence-corrected chi connectivity index (χ3v) is 6.51. The van der Waals surface area contributed by atoms with Gasteiger partial charge < -0.3 is 5.11 Å². The van der Waals surface area contributed by atoms with Crippen LogP contribution in [-0.2, 0) is 20.0 Å². The van der Waals surface area contributed by atoms with Gasteiger partial charge in [-0.15, -0.1) is 0 Å². The Morgan fingerprint density at radius 2 is 2.14 bits per heavy atom. The van der Waals surface area contributed by atoms with Gasteiger partial charge in [-0.2, -0.15) is 0 Å².